The third-order valence-corrected chi connectivity index (χ3v) is 1.89. The second-order valence-corrected chi connectivity index (χ2v) is 3.56. The highest BCUT2D eigenvalue weighted by Crippen LogP contribution is 2.23. The van der Waals surface area contributed by atoms with Gasteiger partial charge in [0.1, 0.15) is 0 Å². The van der Waals surface area contributed by atoms with Gasteiger partial charge in [-0.3, -0.25) is 0 Å². The van der Waals surface area contributed by atoms with Gasteiger partial charge in [0.2, 0.25) is 0 Å². The number of carbonyl (C=O) groups excluding carboxylic acids is 1. The van der Waals surface area contributed by atoms with Gasteiger partial charge in [-0.2, -0.15) is 0 Å². The number of esters is 1. The number of allylic oxidation sites excluding steroid dienone is 1. The van der Waals surface area contributed by atoms with E-state index in [9.17, 15) is 4.79 Å². The minimum atomic E-state index is -0.256. The van der Waals surface area contributed by atoms with E-state index in [1.54, 1.807) is 0 Å². The summed E-state index contributed by atoms with van der Waals surface area (Å²) in [6.07, 6.45) is 2.96. The number of carbonyl (C=O) groups is 1. The van der Waals surface area contributed by atoms with Gasteiger partial charge in [-0.15, -0.1) is 0 Å². The van der Waals surface area contributed by atoms with Gasteiger partial charge >= 0.3 is 5.97 Å². The summed E-state index contributed by atoms with van der Waals surface area (Å²) in [5.41, 5.74) is 0.959. The summed E-state index contributed by atoms with van der Waals surface area (Å²) in [7, 11) is 0. The SMILES string of the molecule is CC(C)=CC(=O)OCCC1OC1C. The van der Waals surface area contributed by atoms with Gasteiger partial charge in [-0.05, 0) is 20.8 Å². The van der Waals surface area contributed by atoms with Gasteiger partial charge in [0.05, 0.1) is 18.8 Å². The highest BCUT2D eigenvalue weighted by atomic mass is 16.6. The first-order chi connectivity index (χ1) is 6.09. The standard InChI is InChI=1S/C10H16O3/c1-7(2)6-10(11)12-5-4-9-8(3)13-9/h6,8-9H,4-5H2,1-3H3. The van der Waals surface area contributed by atoms with E-state index in [1.165, 1.54) is 6.08 Å². The maximum atomic E-state index is 11.0. The topological polar surface area (TPSA) is 38.8 Å². The Kier molecular flexibility index (Phi) is 3.48. The van der Waals surface area contributed by atoms with E-state index < -0.39 is 0 Å². The van der Waals surface area contributed by atoms with Crippen LogP contribution in [0.15, 0.2) is 11.6 Å². The summed E-state index contributed by atoms with van der Waals surface area (Å²) in [5.74, 6) is -0.256. The Morgan fingerprint density at radius 3 is 2.62 bits per heavy atom. The van der Waals surface area contributed by atoms with Gasteiger partial charge in [-0.25, -0.2) is 4.79 Å². The van der Waals surface area contributed by atoms with E-state index in [4.69, 9.17) is 9.47 Å². The van der Waals surface area contributed by atoms with Gasteiger partial charge in [0.25, 0.3) is 0 Å². The van der Waals surface area contributed by atoms with Crippen molar-refractivity contribution in [1.29, 1.82) is 0 Å². The Labute approximate surface area is 78.7 Å². The predicted molar refractivity (Wildman–Crippen MR) is 49.3 cm³/mol. The maximum absolute atomic E-state index is 11.0. The van der Waals surface area contributed by atoms with Crippen LogP contribution in [-0.4, -0.2) is 24.8 Å². The highest BCUT2D eigenvalue weighted by molar-refractivity contribution is 5.82. The van der Waals surface area contributed by atoms with Crippen LogP contribution in [0.1, 0.15) is 27.2 Å². The molecule has 1 heterocycles. The van der Waals surface area contributed by atoms with Crippen molar-refractivity contribution < 1.29 is 14.3 Å². The van der Waals surface area contributed by atoms with Crippen molar-refractivity contribution in [3.05, 3.63) is 11.6 Å². The fourth-order valence-corrected chi connectivity index (χ4v) is 1.09. The van der Waals surface area contributed by atoms with E-state index in [0.717, 1.165) is 12.0 Å². The molecule has 3 nitrogen and oxygen atoms in total. The molecule has 0 amide bonds. The lowest BCUT2D eigenvalue weighted by Gasteiger charge is -1.99. The molecule has 0 aromatic rings. The summed E-state index contributed by atoms with van der Waals surface area (Å²) in [6, 6.07) is 0. The first kappa shape index (κ1) is 10.3. The Balaban J connectivity index is 2.05. The van der Waals surface area contributed by atoms with Crippen LogP contribution in [0.3, 0.4) is 0 Å². The zero-order valence-corrected chi connectivity index (χ0v) is 8.37. The molecule has 1 aliphatic rings. The summed E-state index contributed by atoms with van der Waals surface area (Å²) in [5, 5.41) is 0. The smallest absolute Gasteiger partial charge is 0.330 e. The van der Waals surface area contributed by atoms with Crippen molar-refractivity contribution in [3.8, 4) is 0 Å². The van der Waals surface area contributed by atoms with Crippen molar-refractivity contribution in [2.75, 3.05) is 6.61 Å². The van der Waals surface area contributed by atoms with Crippen molar-refractivity contribution in [2.24, 2.45) is 0 Å². The molecular weight excluding hydrogens is 168 g/mol. The number of ether oxygens (including phenoxy) is 2. The minimum Gasteiger partial charge on any atom is -0.462 e. The van der Waals surface area contributed by atoms with Crippen LogP contribution in [0.2, 0.25) is 0 Å². The van der Waals surface area contributed by atoms with Crippen LogP contribution >= 0.6 is 0 Å². The van der Waals surface area contributed by atoms with E-state index >= 15 is 0 Å². The normalized spacial score (nSPS) is 25.2. The third kappa shape index (κ3) is 4.08. The number of hydrogen-bond acceptors (Lipinski definition) is 3. The van der Waals surface area contributed by atoms with Gasteiger partial charge in [-0.1, -0.05) is 5.57 Å². The molecule has 0 bridgehead atoms. The molecule has 0 spiro atoms. The molecule has 1 saturated heterocycles. The molecule has 0 saturated carbocycles. The average Bonchev–Trinajstić information content (AvgIpc) is 2.64. The van der Waals surface area contributed by atoms with Crippen LogP contribution in [0.4, 0.5) is 0 Å². The fraction of sp³-hybridized carbons (Fsp3) is 0.700. The average molecular weight is 184 g/mol. The van der Waals surface area contributed by atoms with Crippen molar-refractivity contribution in [3.63, 3.8) is 0 Å². The second kappa shape index (κ2) is 4.42. The Hall–Kier alpha value is -0.830. The Bertz CT molecular complexity index is 216. The largest absolute Gasteiger partial charge is 0.462 e. The molecule has 0 radical (unpaired) electrons. The summed E-state index contributed by atoms with van der Waals surface area (Å²) >= 11 is 0. The van der Waals surface area contributed by atoms with Crippen molar-refractivity contribution in [2.45, 2.75) is 39.4 Å². The van der Waals surface area contributed by atoms with Crippen LogP contribution < -0.4 is 0 Å². The molecule has 1 fully saturated rings. The van der Waals surface area contributed by atoms with Crippen molar-refractivity contribution in [1.82, 2.24) is 0 Å². The molecular formula is C10H16O3. The maximum Gasteiger partial charge on any atom is 0.330 e. The van der Waals surface area contributed by atoms with Gasteiger partial charge in [0.15, 0.2) is 0 Å². The first-order valence-electron chi connectivity index (χ1n) is 4.56. The summed E-state index contributed by atoms with van der Waals surface area (Å²) in [4.78, 5) is 11.0. The van der Waals surface area contributed by atoms with E-state index in [2.05, 4.69) is 0 Å². The molecule has 74 valence electrons. The molecule has 0 aliphatic carbocycles. The van der Waals surface area contributed by atoms with Crippen LogP contribution in [0.25, 0.3) is 0 Å². The molecule has 3 heteroatoms. The van der Waals surface area contributed by atoms with Gasteiger partial charge < -0.3 is 9.47 Å². The molecule has 0 aromatic heterocycles. The summed E-state index contributed by atoms with van der Waals surface area (Å²) < 4.78 is 10.1. The van der Waals surface area contributed by atoms with Gasteiger partial charge in [0, 0.05) is 12.5 Å². The number of epoxide rings is 1. The minimum absolute atomic E-state index is 0.256. The number of rotatable bonds is 4. The Morgan fingerprint density at radius 1 is 1.54 bits per heavy atom. The molecule has 0 aromatic carbocycles. The Morgan fingerprint density at radius 2 is 2.15 bits per heavy atom. The van der Waals surface area contributed by atoms with Crippen LogP contribution in [0, 0.1) is 0 Å². The van der Waals surface area contributed by atoms with E-state index in [-0.39, 0.29) is 5.97 Å². The monoisotopic (exact) mass is 184 g/mol. The lowest BCUT2D eigenvalue weighted by molar-refractivity contribution is -0.137. The molecule has 13 heavy (non-hydrogen) atoms. The second-order valence-electron chi connectivity index (χ2n) is 3.56. The van der Waals surface area contributed by atoms with E-state index in [0.29, 0.717) is 18.8 Å². The highest BCUT2D eigenvalue weighted by Gasteiger charge is 2.33. The zero-order valence-electron chi connectivity index (χ0n) is 8.37. The molecule has 1 rings (SSSR count). The lowest BCUT2D eigenvalue weighted by Crippen LogP contribution is -2.05. The fourth-order valence-electron chi connectivity index (χ4n) is 1.09. The quantitative estimate of drug-likeness (QED) is 0.379. The predicted octanol–water partition coefficient (Wildman–Crippen LogP) is 1.67. The molecule has 0 N–H and O–H groups in total. The van der Waals surface area contributed by atoms with Crippen LogP contribution in [0.5, 0.6) is 0 Å². The molecule has 2 atom stereocenters. The van der Waals surface area contributed by atoms with Crippen LogP contribution in [-0.2, 0) is 14.3 Å². The zero-order chi connectivity index (χ0) is 9.84. The van der Waals surface area contributed by atoms with E-state index in [1.807, 2.05) is 20.8 Å². The lowest BCUT2D eigenvalue weighted by atomic mass is 10.3. The molecule has 1 aliphatic heterocycles. The van der Waals surface area contributed by atoms with Crippen molar-refractivity contribution >= 4 is 5.97 Å². The first-order valence-corrected chi connectivity index (χ1v) is 4.56. The summed E-state index contributed by atoms with van der Waals surface area (Å²) in [6.45, 7) is 6.21. The molecule has 2 unspecified atom stereocenters. The number of hydrogen-bond donors (Lipinski definition) is 0. The third-order valence-electron chi connectivity index (χ3n) is 1.89.